The van der Waals surface area contributed by atoms with Crippen LogP contribution in [0.5, 0.6) is 0 Å². The van der Waals surface area contributed by atoms with Gasteiger partial charge in [0.25, 0.3) is 0 Å². The second-order valence-electron chi connectivity index (χ2n) is 3.83. The van der Waals surface area contributed by atoms with Crippen LogP contribution in [0.4, 0.5) is 0 Å². The fourth-order valence-corrected chi connectivity index (χ4v) is 1.99. The van der Waals surface area contributed by atoms with Gasteiger partial charge in [-0.1, -0.05) is 0 Å². The first-order chi connectivity index (χ1) is 5.40. The van der Waals surface area contributed by atoms with Gasteiger partial charge in [-0.05, 0) is 44.1 Å². The molecular weight excluding hydrogens is 138 g/mol. The minimum absolute atomic E-state index is 0.157. The van der Waals surface area contributed by atoms with E-state index in [1.54, 1.807) is 0 Å². The molecular formula is C9H15NO. The lowest BCUT2D eigenvalue weighted by Gasteiger charge is -2.26. The molecule has 1 aliphatic heterocycles. The van der Waals surface area contributed by atoms with Crippen molar-refractivity contribution in [2.45, 2.75) is 31.7 Å². The number of hydrogen-bond acceptors (Lipinski definition) is 2. The van der Waals surface area contributed by atoms with E-state index in [0.717, 1.165) is 31.1 Å². The number of rotatable bonds is 2. The molecule has 2 heteroatoms. The molecule has 2 nitrogen and oxygen atoms in total. The predicted molar refractivity (Wildman–Crippen MR) is 43.3 cm³/mol. The average molecular weight is 153 g/mol. The molecule has 2 fully saturated rings. The molecule has 0 radical (unpaired) electrons. The number of carbonyl (C=O) groups excluding carboxylic acids is 1. The highest BCUT2D eigenvalue weighted by molar-refractivity contribution is 5.57. The Balaban J connectivity index is 1.79. The van der Waals surface area contributed by atoms with E-state index in [9.17, 15) is 4.79 Å². The zero-order valence-electron chi connectivity index (χ0n) is 6.75. The molecule has 1 saturated carbocycles. The van der Waals surface area contributed by atoms with Crippen LogP contribution in [0.2, 0.25) is 0 Å². The Kier molecular flexibility index (Phi) is 1.95. The Morgan fingerprint density at radius 1 is 1.09 bits per heavy atom. The first-order valence-corrected chi connectivity index (χ1v) is 4.59. The molecule has 0 aromatic rings. The lowest BCUT2D eigenvalue weighted by molar-refractivity contribution is -0.110. The maximum Gasteiger partial charge on any atom is 0.136 e. The van der Waals surface area contributed by atoms with Crippen molar-refractivity contribution in [2.24, 2.45) is 11.8 Å². The number of piperidine rings is 1. The molecule has 11 heavy (non-hydrogen) atoms. The van der Waals surface area contributed by atoms with Crippen LogP contribution in [0.1, 0.15) is 25.7 Å². The smallest absolute Gasteiger partial charge is 0.136 e. The number of nitrogens with one attached hydrogen (secondary N) is 1. The third kappa shape index (κ3) is 1.62. The molecule has 1 N–H and O–H groups in total. The molecule has 0 bridgehead atoms. The highest BCUT2D eigenvalue weighted by Gasteiger charge is 2.33. The van der Waals surface area contributed by atoms with Crippen LogP contribution in [-0.2, 0) is 4.79 Å². The molecule has 0 aromatic heterocycles. The van der Waals surface area contributed by atoms with Gasteiger partial charge in [0.1, 0.15) is 6.29 Å². The maximum absolute atomic E-state index is 10.4. The van der Waals surface area contributed by atoms with Crippen molar-refractivity contribution >= 4 is 6.29 Å². The molecule has 0 spiro atoms. The molecule has 62 valence electrons. The van der Waals surface area contributed by atoms with Crippen molar-refractivity contribution in [1.82, 2.24) is 5.32 Å². The van der Waals surface area contributed by atoms with E-state index in [2.05, 4.69) is 5.32 Å². The summed E-state index contributed by atoms with van der Waals surface area (Å²) in [7, 11) is 0. The first kappa shape index (κ1) is 7.29. The van der Waals surface area contributed by atoms with Gasteiger partial charge < -0.3 is 10.1 Å². The lowest BCUT2D eigenvalue weighted by atomic mass is 9.91. The number of hydrogen-bond donors (Lipinski definition) is 1. The van der Waals surface area contributed by atoms with Crippen LogP contribution in [0.3, 0.4) is 0 Å². The van der Waals surface area contributed by atoms with E-state index in [0.29, 0.717) is 0 Å². The maximum atomic E-state index is 10.4. The highest BCUT2D eigenvalue weighted by atomic mass is 16.1. The highest BCUT2D eigenvalue weighted by Crippen LogP contribution is 2.39. The SMILES string of the molecule is O=CC1CCC(C2CC2)CN1. The van der Waals surface area contributed by atoms with Crippen molar-refractivity contribution in [3.05, 3.63) is 0 Å². The fourth-order valence-electron chi connectivity index (χ4n) is 1.99. The molecule has 1 saturated heterocycles. The summed E-state index contributed by atoms with van der Waals surface area (Å²) in [6.45, 7) is 1.08. The van der Waals surface area contributed by atoms with Gasteiger partial charge in [0, 0.05) is 0 Å². The van der Waals surface area contributed by atoms with Gasteiger partial charge in [-0.3, -0.25) is 0 Å². The Labute approximate surface area is 67.4 Å². The number of carbonyl (C=O) groups is 1. The summed E-state index contributed by atoms with van der Waals surface area (Å²) in [4.78, 5) is 10.4. The molecule has 1 aliphatic carbocycles. The van der Waals surface area contributed by atoms with Crippen molar-refractivity contribution in [2.75, 3.05) is 6.54 Å². The standard InChI is InChI=1S/C9H15NO/c11-6-9-4-3-8(5-10-9)7-1-2-7/h6-10H,1-5H2. The second kappa shape index (κ2) is 2.94. The Bertz CT molecular complexity index is 146. The minimum Gasteiger partial charge on any atom is -0.307 e. The summed E-state index contributed by atoms with van der Waals surface area (Å²) < 4.78 is 0. The van der Waals surface area contributed by atoms with Crippen LogP contribution >= 0.6 is 0 Å². The van der Waals surface area contributed by atoms with Crippen LogP contribution < -0.4 is 5.32 Å². The monoisotopic (exact) mass is 153 g/mol. The third-order valence-corrected chi connectivity index (χ3v) is 2.94. The van der Waals surface area contributed by atoms with Gasteiger partial charge in [0.2, 0.25) is 0 Å². The summed E-state index contributed by atoms with van der Waals surface area (Å²) in [5.41, 5.74) is 0. The Hall–Kier alpha value is -0.370. The van der Waals surface area contributed by atoms with Crippen LogP contribution in [0.25, 0.3) is 0 Å². The molecule has 0 amide bonds. The summed E-state index contributed by atoms with van der Waals surface area (Å²) >= 11 is 0. The van der Waals surface area contributed by atoms with Crippen LogP contribution in [0.15, 0.2) is 0 Å². The summed E-state index contributed by atoms with van der Waals surface area (Å²) in [5, 5.41) is 3.27. The second-order valence-corrected chi connectivity index (χ2v) is 3.83. The molecule has 2 aliphatic rings. The van der Waals surface area contributed by atoms with Crippen molar-refractivity contribution in [1.29, 1.82) is 0 Å². The Morgan fingerprint density at radius 2 is 1.82 bits per heavy atom. The molecule has 2 unspecified atom stereocenters. The molecule has 2 rings (SSSR count). The minimum atomic E-state index is 0.157. The largest absolute Gasteiger partial charge is 0.307 e. The zero-order valence-corrected chi connectivity index (χ0v) is 6.75. The zero-order chi connectivity index (χ0) is 7.68. The van der Waals surface area contributed by atoms with Crippen LogP contribution in [-0.4, -0.2) is 18.9 Å². The summed E-state index contributed by atoms with van der Waals surface area (Å²) in [5.74, 6) is 1.88. The summed E-state index contributed by atoms with van der Waals surface area (Å²) in [6.07, 6.45) is 6.23. The van der Waals surface area contributed by atoms with Crippen molar-refractivity contribution < 1.29 is 4.79 Å². The van der Waals surface area contributed by atoms with Gasteiger partial charge in [-0.2, -0.15) is 0 Å². The van der Waals surface area contributed by atoms with E-state index in [1.807, 2.05) is 0 Å². The molecule has 2 atom stereocenters. The van der Waals surface area contributed by atoms with Gasteiger partial charge in [0.05, 0.1) is 6.04 Å². The molecule has 1 heterocycles. The lowest BCUT2D eigenvalue weighted by Crippen LogP contribution is -2.40. The van der Waals surface area contributed by atoms with Gasteiger partial charge in [0.15, 0.2) is 0 Å². The third-order valence-electron chi connectivity index (χ3n) is 2.94. The van der Waals surface area contributed by atoms with Crippen molar-refractivity contribution in [3.8, 4) is 0 Å². The van der Waals surface area contributed by atoms with Gasteiger partial charge in [-0.15, -0.1) is 0 Å². The quantitative estimate of drug-likeness (QED) is 0.599. The summed E-state index contributed by atoms with van der Waals surface area (Å²) in [6, 6.07) is 0.157. The topological polar surface area (TPSA) is 29.1 Å². The average Bonchev–Trinajstić information content (AvgIpc) is 2.87. The van der Waals surface area contributed by atoms with E-state index >= 15 is 0 Å². The van der Waals surface area contributed by atoms with Gasteiger partial charge in [-0.25, -0.2) is 0 Å². The normalized spacial score (nSPS) is 38.5. The van der Waals surface area contributed by atoms with E-state index < -0.39 is 0 Å². The number of aldehydes is 1. The fraction of sp³-hybridized carbons (Fsp3) is 0.889. The van der Waals surface area contributed by atoms with E-state index in [-0.39, 0.29) is 6.04 Å². The van der Waals surface area contributed by atoms with E-state index in [4.69, 9.17) is 0 Å². The van der Waals surface area contributed by atoms with Crippen LogP contribution in [0, 0.1) is 11.8 Å². The Morgan fingerprint density at radius 3 is 2.27 bits per heavy atom. The molecule has 0 aromatic carbocycles. The van der Waals surface area contributed by atoms with Gasteiger partial charge >= 0.3 is 0 Å². The van der Waals surface area contributed by atoms with E-state index in [1.165, 1.54) is 19.3 Å². The predicted octanol–water partition coefficient (Wildman–Crippen LogP) is 0.964. The first-order valence-electron chi connectivity index (χ1n) is 4.59. The van der Waals surface area contributed by atoms with Crippen molar-refractivity contribution in [3.63, 3.8) is 0 Å².